The minimum atomic E-state index is -0.531. The van der Waals surface area contributed by atoms with Crippen LogP contribution >= 0.6 is 34.3 Å². The van der Waals surface area contributed by atoms with Gasteiger partial charge >= 0.3 is 10.9 Å². The standard InChI is InChI=1S/C12H5ClO4S2/c13-7-3-4-18-10(7)11(14)16-6-1-2-9-8(5-6)17-12(15)19-9/h1-5H. The lowest BCUT2D eigenvalue weighted by Crippen LogP contribution is -2.06. The maximum absolute atomic E-state index is 11.9. The van der Waals surface area contributed by atoms with Crippen molar-refractivity contribution in [2.24, 2.45) is 0 Å². The van der Waals surface area contributed by atoms with E-state index >= 15 is 0 Å². The predicted molar refractivity (Wildman–Crippen MR) is 74.6 cm³/mol. The molecule has 3 rings (SSSR count). The molecule has 0 aliphatic heterocycles. The molecule has 0 amide bonds. The molecule has 1 aromatic carbocycles. The van der Waals surface area contributed by atoms with Crippen molar-refractivity contribution in [2.75, 3.05) is 0 Å². The lowest BCUT2D eigenvalue weighted by molar-refractivity contribution is 0.0740. The topological polar surface area (TPSA) is 56.5 Å². The second-order valence-electron chi connectivity index (χ2n) is 3.55. The van der Waals surface area contributed by atoms with Gasteiger partial charge in [0.1, 0.15) is 10.6 Å². The van der Waals surface area contributed by atoms with Crippen molar-refractivity contribution >= 4 is 50.5 Å². The van der Waals surface area contributed by atoms with Crippen molar-refractivity contribution in [1.82, 2.24) is 0 Å². The number of carbonyl (C=O) groups excluding carboxylic acids is 1. The van der Waals surface area contributed by atoms with Gasteiger partial charge in [-0.05, 0) is 23.6 Å². The van der Waals surface area contributed by atoms with Gasteiger partial charge in [0.2, 0.25) is 0 Å². The van der Waals surface area contributed by atoms with Crippen LogP contribution < -0.4 is 9.68 Å². The zero-order valence-electron chi connectivity index (χ0n) is 9.21. The van der Waals surface area contributed by atoms with E-state index in [1.165, 1.54) is 17.4 Å². The molecule has 0 fully saturated rings. The summed E-state index contributed by atoms with van der Waals surface area (Å²) < 4.78 is 10.8. The predicted octanol–water partition coefficient (Wildman–Crippen LogP) is 3.79. The van der Waals surface area contributed by atoms with E-state index < -0.39 is 5.97 Å². The molecule has 3 aromatic rings. The van der Waals surface area contributed by atoms with Gasteiger partial charge in [0.25, 0.3) is 0 Å². The third-order valence-corrected chi connectivity index (χ3v) is 4.44. The Morgan fingerprint density at radius 1 is 1.32 bits per heavy atom. The number of esters is 1. The van der Waals surface area contributed by atoms with Crippen molar-refractivity contribution in [3.05, 3.63) is 49.3 Å². The van der Waals surface area contributed by atoms with Crippen LogP contribution in [0.2, 0.25) is 5.02 Å². The number of halogens is 1. The fourth-order valence-electron chi connectivity index (χ4n) is 1.51. The monoisotopic (exact) mass is 312 g/mol. The second kappa shape index (κ2) is 4.80. The molecule has 96 valence electrons. The van der Waals surface area contributed by atoms with E-state index in [-0.39, 0.29) is 4.94 Å². The maximum Gasteiger partial charge on any atom is 0.396 e. The Morgan fingerprint density at radius 3 is 2.89 bits per heavy atom. The van der Waals surface area contributed by atoms with Crippen molar-refractivity contribution in [3.8, 4) is 5.75 Å². The molecule has 0 saturated heterocycles. The van der Waals surface area contributed by atoms with E-state index in [4.69, 9.17) is 20.8 Å². The first kappa shape index (κ1) is 12.4. The van der Waals surface area contributed by atoms with E-state index in [0.29, 0.717) is 25.9 Å². The first-order valence-electron chi connectivity index (χ1n) is 5.12. The van der Waals surface area contributed by atoms with E-state index in [1.54, 1.807) is 23.6 Å². The highest BCUT2D eigenvalue weighted by molar-refractivity contribution is 7.16. The minimum absolute atomic E-state index is 0.309. The third-order valence-electron chi connectivity index (χ3n) is 2.31. The van der Waals surface area contributed by atoms with Gasteiger partial charge in [0.05, 0.1) is 9.72 Å². The second-order valence-corrected chi connectivity index (χ2v) is 5.85. The van der Waals surface area contributed by atoms with Crippen LogP contribution in [-0.4, -0.2) is 5.97 Å². The molecule has 7 heteroatoms. The number of benzene rings is 1. The van der Waals surface area contributed by atoms with Gasteiger partial charge in [0.15, 0.2) is 5.58 Å². The Kier molecular flexibility index (Phi) is 3.14. The van der Waals surface area contributed by atoms with Gasteiger partial charge in [-0.3, -0.25) is 0 Å². The average Bonchev–Trinajstić information content (AvgIpc) is 2.93. The van der Waals surface area contributed by atoms with Crippen molar-refractivity contribution in [2.45, 2.75) is 0 Å². The summed E-state index contributed by atoms with van der Waals surface area (Å²) >= 11 is 8.06. The Labute approximate surface area is 119 Å². The molecular weight excluding hydrogens is 308 g/mol. The minimum Gasteiger partial charge on any atom is -0.422 e. The Balaban J connectivity index is 1.91. The van der Waals surface area contributed by atoms with Crippen molar-refractivity contribution in [1.29, 1.82) is 0 Å². The van der Waals surface area contributed by atoms with Crippen LogP contribution in [0.1, 0.15) is 9.67 Å². The summed E-state index contributed by atoms with van der Waals surface area (Å²) in [7, 11) is 0. The number of rotatable bonds is 2. The summed E-state index contributed by atoms with van der Waals surface area (Å²) in [4.78, 5) is 22.9. The fraction of sp³-hybridized carbons (Fsp3) is 0. The Bertz CT molecular complexity index is 814. The SMILES string of the molecule is O=C(Oc1ccc2sc(=O)oc2c1)c1sccc1Cl. The molecular formula is C12H5ClO4S2. The van der Waals surface area contributed by atoms with E-state index in [0.717, 1.165) is 11.3 Å². The molecule has 0 spiro atoms. The zero-order valence-corrected chi connectivity index (χ0v) is 11.6. The van der Waals surface area contributed by atoms with Crippen molar-refractivity contribution < 1.29 is 13.9 Å². The number of hydrogen-bond acceptors (Lipinski definition) is 6. The molecule has 0 unspecified atom stereocenters. The molecule has 4 nitrogen and oxygen atoms in total. The van der Waals surface area contributed by atoms with Gasteiger partial charge in [-0.15, -0.1) is 11.3 Å². The van der Waals surface area contributed by atoms with Crippen LogP contribution in [-0.2, 0) is 0 Å². The van der Waals surface area contributed by atoms with E-state index in [9.17, 15) is 9.59 Å². The lowest BCUT2D eigenvalue weighted by atomic mass is 10.3. The van der Waals surface area contributed by atoms with E-state index in [1.807, 2.05) is 0 Å². The highest BCUT2D eigenvalue weighted by atomic mass is 35.5. The smallest absolute Gasteiger partial charge is 0.396 e. The quantitative estimate of drug-likeness (QED) is 0.533. The molecule has 0 atom stereocenters. The Morgan fingerprint density at radius 2 is 2.16 bits per heavy atom. The Hall–Kier alpha value is -1.63. The number of carbonyl (C=O) groups is 1. The van der Waals surface area contributed by atoms with Gasteiger partial charge in [-0.2, -0.15) is 0 Å². The highest BCUT2D eigenvalue weighted by Gasteiger charge is 2.15. The first-order chi connectivity index (χ1) is 9.13. The van der Waals surface area contributed by atoms with Crippen LogP contribution in [0.15, 0.2) is 38.9 Å². The highest BCUT2D eigenvalue weighted by Crippen LogP contribution is 2.26. The summed E-state index contributed by atoms with van der Waals surface area (Å²) in [6.07, 6.45) is 0. The molecule has 2 heterocycles. The molecule has 0 bridgehead atoms. The van der Waals surface area contributed by atoms with Crippen LogP contribution in [0.5, 0.6) is 5.75 Å². The summed E-state index contributed by atoms with van der Waals surface area (Å²) in [6, 6.07) is 6.41. The number of fused-ring (bicyclic) bond motifs is 1. The third kappa shape index (κ3) is 2.42. The fourth-order valence-corrected chi connectivity index (χ4v) is 3.16. The van der Waals surface area contributed by atoms with Gasteiger partial charge in [-0.25, -0.2) is 9.59 Å². The molecule has 0 aliphatic rings. The maximum atomic E-state index is 11.9. The summed E-state index contributed by atoms with van der Waals surface area (Å²) in [5, 5.41) is 2.07. The summed E-state index contributed by atoms with van der Waals surface area (Å²) in [6.45, 7) is 0. The normalized spacial score (nSPS) is 10.8. The van der Waals surface area contributed by atoms with Gasteiger partial charge in [0, 0.05) is 6.07 Å². The average molecular weight is 313 g/mol. The van der Waals surface area contributed by atoms with Crippen LogP contribution in [0.4, 0.5) is 0 Å². The molecule has 0 saturated carbocycles. The van der Waals surface area contributed by atoms with Crippen LogP contribution in [0.3, 0.4) is 0 Å². The molecule has 0 aliphatic carbocycles. The molecule has 2 aromatic heterocycles. The molecule has 0 N–H and O–H groups in total. The molecule has 19 heavy (non-hydrogen) atoms. The lowest BCUT2D eigenvalue weighted by Gasteiger charge is -2.02. The van der Waals surface area contributed by atoms with Crippen LogP contribution in [0, 0.1) is 0 Å². The number of thiophene rings is 1. The first-order valence-corrected chi connectivity index (χ1v) is 7.20. The number of ether oxygens (including phenoxy) is 1. The van der Waals surface area contributed by atoms with Crippen LogP contribution in [0.25, 0.3) is 10.3 Å². The van der Waals surface area contributed by atoms with E-state index in [2.05, 4.69) is 0 Å². The van der Waals surface area contributed by atoms with Gasteiger partial charge < -0.3 is 9.15 Å². The van der Waals surface area contributed by atoms with Crippen molar-refractivity contribution in [3.63, 3.8) is 0 Å². The largest absolute Gasteiger partial charge is 0.422 e. The number of hydrogen-bond donors (Lipinski definition) is 0. The molecule has 0 radical (unpaired) electrons. The van der Waals surface area contributed by atoms with Gasteiger partial charge in [-0.1, -0.05) is 22.9 Å². The zero-order chi connectivity index (χ0) is 13.4. The summed E-state index contributed by atoms with van der Waals surface area (Å²) in [5.74, 6) is -0.222. The summed E-state index contributed by atoms with van der Waals surface area (Å²) in [5.41, 5.74) is 0.401.